The molecule has 8 nitrogen and oxygen atoms in total. The van der Waals surface area contributed by atoms with Crippen molar-refractivity contribution in [2.24, 2.45) is 0 Å². The van der Waals surface area contributed by atoms with E-state index in [1.165, 1.54) is 12.0 Å². The number of ketones is 1. The van der Waals surface area contributed by atoms with Gasteiger partial charge >= 0.3 is 0 Å². The van der Waals surface area contributed by atoms with Crippen molar-refractivity contribution in [3.8, 4) is 23.0 Å². The Morgan fingerprint density at radius 2 is 1.67 bits per heavy atom. The molecule has 1 saturated heterocycles. The topological polar surface area (TPSA) is 94.5 Å². The number of hydrogen-bond donors (Lipinski definition) is 1. The van der Waals surface area contributed by atoms with E-state index in [1.807, 2.05) is 0 Å². The lowest BCUT2D eigenvalue weighted by Crippen LogP contribution is -2.30. The number of Topliss-reactive ketones (excluding diaryl/α,β-unsaturated/α-hetero) is 1. The Morgan fingerprint density at radius 1 is 0.917 bits per heavy atom. The summed E-state index contributed by atoms with van der Waals surface area (Å²) in [4.78, 5) is 28.3. The second kappa shape index (κ2) is 8.64. The number of para-hydroxylation sites is 1. The van der Waals surface area contributed by atoms with Crippen LogP contribution < -0.4 is 23.8 Å². The monoisotopic (exact) mass is 485 g/mol. The molecule has 3 aromatic carbocycles. The third-order valence-electron chi connectivity index (χ3n) is 6.64. The van der Waals surface area contributed by atoms with E-state index in [4.69, 9.17) is 18.9 Å². The third kappa shape index (κ3) is 3.45. The number of rotatable bonds is 4. The van der Waals surface area contributed by atoms with Gasteiger partial charge in [-0.1, -0.05) is 18.2 Å². The van der Waals surface area contributed by atoms with Gasteiger partial charge in [0.05, 0.1) is 25.3 Å². The minimum absolute atomic E-state index is 0.0155. The maximum Gasteiger partial charge on any atom is 0.300 e. The van der Waals surface area contributed by atoms with Gasteiger partial charge in [-0.05, 0) is 42.0 Å². The molecule has 3 heterocycles. The van der Waals surface area contributed by atoms with E-state index in [2.05, 4.69) is 0 Å². The van der Waals surface area contributed by atoms with Crippen LogP contribution >= 0.6 is 0 Å². The number of fused-ring (bicyclic) bond motifs is 2. The first-order valence-corrected chi connectivity index (χ1v) is 11.7. The van der Waals surface area contributed by atoms with Crippen molar-refractivity contribution in [2.75, 3.05) is 31.8 Å². The summed E-state index contributed by atoms with van der Waals surface area (Å²) in [6.07, 6.45) is 0.706. The van der Waals surface area contributed by atoms with E-state index in [0.717, 1.165) is 11.3 Å². The zero-order valence-corrected chi connectivity index (χ0v) is 19.5. The zero-order valence-electron chi connectivity index (χ0n) is 19.5. The predicted octanol–water partition coefficient (Wildman–Crippen LogP) is 4.03. The Balaban J connectivity index is 1.55. The first-order valence-electron chi connectivity index (χ1n) is 11.7. The lowest BCUT2D eigenvalue weighted by atomic mass is 9.94. The largest absolute Gasteiger partial charge is 0.507 e. The number of hydrogen-bond acceptors (Lipinski definition) is 7. The quantitative estimate of drug-likeness (QED) is 0.339. The molecule has 3 aromatic rings. The van der Waals surface area contributed by atoms with Crippen LogP contribution in [-0.4, -0.2) is 43.7 Å². The van der Waals surface area contributed by atoms with Crippen LogP contribution in [-0.2, 0) is 16.0 Å². The fourth-order valence-corrected chi connectivity index (χ4v) is 4.96. The summed E-state index contributed by atoms with van der Waals surface area (Å²) in [5.74, 6) is 0.501. The molecule has 0 spiro atoms. The second-order valence-electron chi connectivity index (χ2n) is 8.66. The standard InChI is InChI=1S/C28H23NO7/c1-33-21-5-3-2-4-19(21)25-24(26(30)17-6-8-20-16(14-17)10-11-34-20)27(31)28(32)29(25)18-7-9-22-23(15-18)36-13-12-35-22/h2-9,14-15,25,30H,10-13H2,1H3/b26-24+. The number of methoxy groups -OCH3 is 1. The molecule has 1 fully saturated rings. The van der Waals surface area contributed by atoms with Crippen LogP contribution in [0.25, 0.3) is 5.76 Å². The number of aliphatic hydroxyl groups is 1. The minimum Gasteiger partial charge on any atom is -0.507 e. The van der Waals surface area contributed by atoms with E-state index in [-0.39, 0.29) is 11.3 Å². The molecule has 0 aliphatic carbocycles. The van der Waals surface area contributed by atoms with Crippen molar-refractivity contribution in [3.05, 3.63) is 82.9 Å². The van der Waals surface area contributed by atoms with E-state index >= 15 is 0 Å². The van der Waals surface area contributed by atoms with E-state index in [1.54, 1.807) is 60.7 Å². The summed E-state index contributed by atoms with van der Waals surface area (Å²) < 4.78 is 22.5. The molecule has 0 bridgehead atoms. The molecule has 0 aromatic heterocycles. The predicted molar refractivity (Wildman–Crippen MR) is 131 cm³/mol. The fourth-order valence-electron chi connectivity index (χ4n) is 4.96. The molecular formula is C28H23NO7. The van der Waals surface area contributed by atoms with Crippen LogP contribution in [0.2, 0.25) is 0 Å². The van der Waals surface area contributed by atoms with Crippen molar-refractivity contribution >= 4 is 23.1 Å². The van der Waals surface area contributed by atoms with Gasteiger partial charge in [-0.2, -0.15) is 0 Å². The highest BCUT2D eigenvalue weighted by molar-refractivity contribution is 6.51. The van der Waals surface area contributed by atoms with Crippen LogP contribution in [0.5, 0.6) is 23.0 Å². The van der Waals surface area contributed by atoms with Crippen LogP contribution in [0.1, 0.15) is 22.7 Å². The number of amides is 1. The van der Waals surface area contributed by atoms with Crippen LogP contribution in [0.15, 0.2) is 66.2 Å². The van der Waals surface area contributed by atoms with Crippen molar-refractivity contribution in [1.82, 2.24) is 0 Å². The number of benzene rings is 3. The lowest BCUT2D eigenvalue weighted by Gasteiger charge is -2.28. The highest BCUT2D eigenvalue weighted by atomic mass is 16.6. The van der Waals surface area contributed by atoms with Gasteiger partial charge in [-0.3, -0.25) is 14.5 Å². The summed E-state index contributed by atoms with van der Waals surface area (Å²) in [5, 5.41) is 11.4. The Bertz CT molecular complexity index is 1430. The number of nitrogens with zero attached hydrogens (tertiary/aromatic N) is 1. The molecule has 3 aliphatic rings. The molecule has 0 radical (unpaired) electrons. The summed E-state index contributed by atoms with van der Waals surface area (Å²) in [6.45, 7) is 1.38. The van der Waals surface area contributed by atoms with Gasteiger partial charge in [0, 0.05) is 29.3 Å². The maximum atomic E-state index is 13.5. The number of anilines is 1. The summed E-state index contributed by atoms with van der Waals surface area (Å²) in [7, 11) is 1.52. The van der Waals surface area contributed by atoms with Gasteiger partial charge in [0.2, 0.25) is 0 Å². The second-order valence-corrected chi connectivity index (χ2v) is 8.66. The van der Waals surface area contributed by atoms with E-state index in [9.17, 15) is 14.7 Å². The first kappa shape index (κ1) is 22.0. The molecule has 3 aliphatic heterocycles. The molecule has 1 N–H and O–H groups in total. The highest BCUT2D eigenvalue weighted by Crippen LogP contribution is 2.46. The Hall–Kier alpha value is -4.46. The minimum atomic E-state index is -0.923. The molecule has 1 amide bonds. The summed E-state index contributed by atoms with van der Waals surface area (Å²) in [5.41, 5.74) is 2.38. The molecule has 36 heavy (non-hydrogen) atoms. The van der Waals surface area contributed by atoms with Gasteiger partial charge in [0.25, 0.3) is 11.7 Å². The van der Waals surface area contributed by atoms with Gasteiger partial charge in [0.15, 0.2) is 11.5 Å². The highest BCUT2D eigenvalue weighted by Gasteiger charge is 2.48. The maximum absolute atomic E-state index is 13.5. The van der Waals surface area contributed by atoms with Gasteiger partial charge in [-0.15, -0.1) is 0 Å². The average Bonchev–Trinajstić information content (AvgIpc) is 3.49. The van der Waals surface area contributed by atoms with Crippen LogP contribution in [0.4, 0.5) is 5.69 Å². The van der Waals surface area contributed by atoms with Crippen molar-refractivity contribution in [2.45, 2.75) is 12.5 Å². The smallest absolute Gasteiger partial charge is 0.300 e. The molecule has 0 saturated carbocycles. The van der Waals surface area contributed by atoms with Crippen LogP contribution in [0, 0.1) is 0 Å². The lowest BCUT2D eigenvalue weighted by molar-refractivity contribution is -0.132. The van der Waals surface area contributed by atoms with Crippen molar-refractivity contribution in [3.63, 3.8) is 0 Å². The van der Waals surface area contributed by atoms with E-state index < -0.39 is 17.7 Å². The number of ether oxygens (including phenoxy) is 4. The fraction of sp³-hybridized carbons (Fsp3) is 0.214. The van der Waals surface area contributed by atoms with E-state index in [0.29, 0.717) is 60.3 Å². The number of carbonyl (C=O) groups is 2. The average molecular weight is 485 g/mol. The molecule has 6 rings (SSSR count). The molecule has 1 unspecified atom stereocenters. The molecule has 1 atom stereocenters. The van der Waals surface area contributed by atoms with Crippen LogP contribution in [0.3, 0.4) is 0 Å². The Labute approximate surface area is 207 Å². The third-order valence-corrected chi connectivity index (χ3v) is 6.64. The number of aliphatic hydroxyl groups excluding tert-OH is 1. The van der Waals surface area contributed by atoms with Crippen molar-refractivity contribution in [1.29, 1.82) is 0 Å². The Kier molecular flexibility index (Phi) is 5.29. The van der Waals surface area contributed by atoms with Gasteiger partial charge < -0.3 is 24.1 Å². The van der Waals surface area contributed by atoms with Gasteiger partial charge in [-0.25, -0.2) is 0 Å². The zero-order chi connectivity index (χ0) is 24.8. The van der Waals surface area contributed by atoms with Gasteiger partial charge in [0.1, 0.15) is 30.5 Å². The molecule has 8 heteroatoms. The normalized spacial score (nSPS) is 19.7. The number of carbonyl (C=O) groups excluding carboxylic acids is 2. The summed E-state index contributed by atoms with van der Waals surface area (Å²) in [6, 6.07) is 16.6. The SMILES string of the molecule is COc1ccccc1C1/C(=C(\O)c2ccc3c(c2)CCO3)C(=O)C(=O)N1c1ccc2c(c1)OCCO2. The summed E-state index contributed by atoms with van der Waals surface area (Å²) >= 11 is 0. The molecule has 182 valence electrons. The van der Waals surface area contributed by atoms with Crippen molar-refractivity contribution < 1.29 is 33.6 Å². The Morgan fingerprint density at radius 3 is 2.50 bits per heavy atom. The first-order chi connectivity index (χ1) is 17.6. The molecular weight excluding hydrogens is 462 g/mol.